The van der Waals surface area contributed by atoms with Gasteiger partial charge in [0.2, 0.25) is 0 Å². The molecular formula is C10H9BrN2O. The van der Waals surface area contributed by atoms with Gasteiger partial charge in [-0.25, -0.2) is 9.97 Å². The summed E-state index contributed by atoms with van der Waals surface area (Å²) in [5, 5.41) is 9.78. The highest BCUT2D eigenvalue weighted by atomic mass is 79.9. The lowest BCUT2D eigenvalue weighted by Gasteiger charge is -2.00. The van der Waals surface area contributed by atoms with Crippen LogP contribution < -0.4 is 0 Å². The summed E-state index contributed by atoms with van der Waals surface area (Å²) in [6.07, 6.45) is 4.11. The molecule has 14 heavy (non-hydrogen) atoms. The Hall–Kier alpha value is -1.00. The molecule has 0 fully saturated rings. The van der Waals surface area contributed by atoms with Gasteiger partial charge in [-0.05, 0) is 40.0 Å². The predicted octanol–water partition coefficient (Wildman–Crippen LogP) is 1.93. The molecule has 0 aliphatic heterocycles. The Morgan fingerprint density at radius 2 is 2.00 bits per heavy atom. The molecular weight excluding hydrogens is 244 g/mol. The first-order valence-electron chi connectivity index (χ1n) is 4.30. The number of fused-ring (bicyclic) bond motifs is 1. The maximum atomic E-state index is 8.79. The van der Waals surface area contributed by atoms with Crippen molar-refractivity contribution in [2.24, 2.45) is 0 Å². The maximum absolute atomic E-state index is 8.79. The van der Waals surface area contributed by atoms with Crippen molar-refractivity contribution in [3.63, 3.8) is 0 Å². The molecule has 0 aliphatic carbocycles. The molecule has 3 nitrogen and oxygen atoms in total. The zero-order valence-electron chi connectivity index (χ0n) is 7.44. The normalized spacial score (nSPS) is 10.7. The fourth-order valence-corrected chi connectivity index (χ4v) is 1.66. The average Bonchev–Trinajstić information content (AvgIpc) is 2.17. The fraction of sp³-hybridized carbons (Fsp3) is 0.200. The summed E-state index contributed by atoms with van der Waals surface area (Å²) in [4.78, 5) is 8.36. The molecule has 0 amide bonds. The van der Waals surface area contributed by atoms with Crippen LogP contribution in [0, 0.1) is 0 Å². The number of nitrogens with zero attached hydrogens (tertiary/aromatic N) is 2. The second-order valence-electron chi connectivity index (χ2n) is 3.02. The lowest BCUT2D eigenvalue weighted by atomic mass is 10.2. The molecule has 0 atom stereocenters. The van der Waals surface area contributed by atoms with Gasteiger partial charge >= 0.3 is 0 Å². The third-order valence-corrected chi connectivity index (χ3v) is 2.39. The molecule has 2 heterocycles. The minimum absolute atomic E-state index is 0.147. The van der Waals surface area contributed by atoms with Gasteiger partial charge in [0.25, 0.3) is 0 Å². The third-order valence-electron chi connectivity index (χ3n) is 1.96. The maximum Gasteiger partial charge on any atom is 0.159 e. The van der Waals surface area contributed by atoms with Gasteiger partial charge in [0.05, 0.1) is 0 Å². The van der Waals surface area contributed by atoms with Crippen molar-refractivity contribution < 1.29 is 5.11 Å². The van der Waals surface area contributed by atoms with E-state index in [0.29, 0.717) is 6.42 Å². The zero-order valence-corrected chi connectivity index (χ0v) is 9.03. The van der Waals surface area contributed by atoms with E-state index in [2.05, 4.69) is 25.9 Å². The van der Waals surface area contributed by atoms with Gasteiger partial charge in [-0.2, -0.15) is 0 Å². The van der Waals surface area contributed by atoms with E-state index in [-0.39, 0.29) is 6.61 Å². The third kappa shape index (κ3) is 1.91. The van der Waals surface area contributed by atoms with E-state index in [4.69, 9.17) is 5.11 Å². The highest BCUT2D eigenvalue weighted by Gasteiger charge is 1.99. The number of aliphatic hydroxyl groups is 1. The minimum Gasteiger partial charge on any atom is -0.396 e. The minimum atomic E-state index is 0.147. The van der Waals surface area contributed by atoms with Crippen LogP contribution in [0.15, 0.2) is 29.0 Å². The summed E-state index contributed by atoms with van der Waals surface area (Å²) in [5.41, 5.74) is 1.76. The molecule has 2 aromatic heterocycles. The fourth-order valence-electron chi connectivity index (χ4n) is 1.31. The zero-order chi connectivity index (χ0) is 9.97. The Kier molecular flexibility index (Phi) is 2.74. The number of halogens is 1. The number of aromatic nitrogens is 2. The van der Waals surface area contributed by atoms with Gasteiger partial charge in [-0.3, -0.25) is 0 Å². The molecule has 0 saturated heterocycles. The molecule has 0 bridgehead atoms. The first-order valence-corrected chi connectivity index (χ1v) is 5.10. The second-order valence-corrected chi connectivity index (χ2v) is 3.93. The molecule has 2 aromatic rings. The van der Waals surface area contributed by atoms with E-state index < -0.39 is 0 Å². The van der Waals surface area contributed by atoms with Crippen molar-refractivity contribution in [1.82, 2.24) is 9.97 Å². The molecule has 0 aliphatic rings. The van der Waals surface area contributed by atoms with Crippen molar-refractivity contribution in [1.29, 1.82) is 0 Å². The Bertz CT molecular complexity index is 459. The summed E-state index contributed by atoms with van der Waals surface area (Å²) in [6, 6.07) is 3.96. The van der Waals surface area contributed by atoms with E-state index in [9.17, 15) is 0 Å². The van der Waals surface area contributed by atoms with Crippen molar-refractivity contribution in [3.05, 3.63) is 34.6 Å². The lowest BCUT2D eigenvalue weighted by Crippen LogP contribution is -1.93. The van der Waals surface area contributed by atoms with Gasteiger partial charge in [-0.15, -0.1) is 0 Å². The topological polar surface area (TPSA) is 46.0 Å². The molecule has 0 unspecified atom stereocenters. The number of hydrogen-bond acceptors (Lipinski definition) is 3. The summed E-state index contributed by atoms with van der Waals surface area (Å²) in [6.45, 7) is 0.147. The number of hydrogen-bond donors (Lipinski definition) is 1. The highest BCUT2D eigenvalue weighted by Crippen LogP contribution is 2.16. The van der Waals surface area contributed by atoms with E-state index in [1.807, 2.05) is 12.1 Å². The van der Waals surface area contributed by atoms with Crippen LogP contribution >= 0.6 is 15.9 Å². The number of rotatable bonds is 2. The largest absolute Gasteiger partial charge is 0.396 e. The highest BCUT2D eigenvalue weighted by molar-refractivity contribution is 9.10. The molecule has 0 aromatic carbocycles. The van der Waals surface area contributed by atoms with Gasteiger partial charge < -0.3 is 5.11 Å². The first-order chi connectivity index (χ1) is 6.79. The molecule has 0 radical (unpaired) electrons. The predicted molar refractivity (Wildman–Crippen MR) is 58.0 cm³/mol. The second kappa shape index (κ2) is 4.02. The van der Waals surface area contributed by atoms with Crippen molar-refractivity contribution in [2.45, 2.75) is 6.42 Å². The van der Waals surface area contributed by atoms with E-state index in [1.54, 1.807) is 12.4 Å². The molecule has 0 spiro atoms. The van der Waals surface area contributed by atoms with Crippen LogP contribution in [0.3, 0.4) is 0 Å². The summed E-state index contributed by atoms with van der Waals surface area (Å²) in [7, 11) is 0. The van der Waals surface area contributed by atoms with Crippen LogP contribution in [0.4, 0.5) is 0 Å². The van der Waals surface area contributed by atoms with Gasteiger partial charge in [0.1, 0.15) is 0 Å². The Balaban J connectivity index is 2.52. The average molecular weight is 253 g/mol. The van der Waals surface area contributed by atoms with E-state index in [0.717, 1.165) is 21.1 Å². The van der Waals surface area contributed by atoms with Gasteiger partial charge in [0, 0.05) is 28.9 Å². The van der Waals surface area contributed by atoms with Gasteiger partial charge in [-0.1, -0.05) is 0 Å². The SMILES string of the molecule is OCCc1cnc2ncc(Br)cc2c1. The van der Waals surface area contributed by atoms with Crippen molar-refractivity contribution in [3.8, 4) is 0 Å². The molecule has 1 N–H and O–H groups in total. The summed E-state index contributed by atoms with van der Waals surface area (Å²) >= 11 is 3.36. The molecule has 72 valence electrons. The van der Waals surface area contributed by atoms with Crippen LogP contribution in [0.5, 0.6) is 0 Å². The Morgan fingerprint density at radius 1 is 1.21 bits per heavy atom. The van der Waals surface area contributed by atoms with Crippen LogP contribution in [-0.2, 0) is 6.42 Å². The molecule has 4 heteroatoms. The van der Waals surface area contributed by atoms with E-state index in [1.165, 1.54) is 0 Å². The van der Waals surface area contributed by atoms with Crippen LogP contribution in [0.1, 0.15) is 5.56 Å². The van der Waals surface area contributed by atoms with Gasteiger partial charge in [0.15, 0.2) is 5.65 Å². The van der Waals surface area contributed by atoms with Crippen LogP contribution in [-0.4, -0.2) is 21.7 Å². The lowest BCUT2D eigenvalue weighted by molar-refractivity contribution is 0.299. The van der Waals surface area contributed by atoms with Crippen molar-refractivity contribution >= 4 is 27.0 Å². The molecule has 0 saturated carbocycles. The monoisotopic (exact) mass is 252 g/mol. The smallest absolute Gasteiger partial charge is 0.159 e. The molecule has 2 rings (SSSR count). The standard InChI is InChI=1S/C10H9BrN2O/c11-9-4-8-3-7(1-2-14)5-12-10(8)13-6-9/h3-6,14H,1-2H2. The van der Waals surface area contributed by atoms with E-state index >= 15 is 0 Å². The quantitative estimate of drug-likeness (QED) is 0.889. The number of aliphatic hydroxyl groups excluding tert-OH is 1. The van der Waals surface area contributed by atoms with Crippen LogP contribution in [0.2, 0.25) is 0 Å². The van der Waals surface area contributed by atoms with Crippen molar-refractivity contribution in [2.75, 3.05) is 6.61 Å². The summed E-state index contributed by atoms with van der Waals surface area (Å²) in [5.74, 6) is 0. The van der Waals surface area contributed by atoms with Crippen LogP contribution in [0.25, 0.3) is 11.0 Å². The summed E-state index contributed by atoms with van der Waals surface area (Å²) < 4.78 is 0.938. The Labute approximate surface area is 89.9 Å². The number of pyridine rings is 2. The Morgan fingerprint density at radius 3 is 2.79 bits per heavy atom. The first kappa shape index (κ1) is 9.55.